The van der Waals surface area contributed by atoms with Crippen LogP contribution in [0.2, 0.25) is 10.0 Å². The van der Waals surface area contributed by atoms with Gasteiger partial charge >= 0.3 is 5.97 Å². The highest BCUT2D eigenvalue weighted by Crippen LogP contribution is 2.32. The van der Waals surface area contributed by atoms with Crippen LogP contribution in [-0.4, -0.2) is 23.2 Å². The first-order valence-electron chi connectivity index (χ1n) is 8.74. The van der Waals surface area contributed by atoms with E-state index in [0.29, 0.717) is 16.9 Å². The Bertz CT molecular complexity index is 1110. The summed E-state index contributed by atoms with van der Waals surface area (Å²) in [5.74, 6) is -0.894. The molecule has 0 atom stereocenters. The summed E-state index contributed by atoms with van der Waals surface area (Å²) in [5, 5.41) is 13.3. The number of aryl methyl sites for hydroxylation is 1. The van der Waals surface area contributed by atoms with Gasteiger partial charge in [-0.1, -0.05) is 40.9 Å². The molecule has 0 saturated heterocycles. The quantitative estimate of drug-likeness (QED) is 0.252. The Morgan fingerprint density at radius 1 is 1.00 bits per heavy atom. The zero-order valence-electron chi connectivity index (χ0n) is 15.7. The predicted molar refractivity (Wildman–Crippen MR) is 116 cm³/mol. The maximum atomic E-state index is 12.2. The van der Waals surface area contributed by atoms with Crippen LogP contribution in [0.5, 0.6) is 11.5 Å². The number of aromatic hydroxyl groups is 1. The van der Waals surface area contributed by atoms with Crippen molar-refractivity contribution < 1.29 is 19.4 Å². The zero-order valence-corrected chi connectivity index (χ0v) is 17.2. The Hall–Kier alpha value is -3.35. The van der Waals surface area contributed by atoms with E-state index in [1.165, 1.54) is 18.3 Å². The fourth-order valence-corrected chi connectivity index (χ4v) is 2.97. The number of phenols is 1. The lowest BCUT2D eigenvalue weighted by atomic mass is 10.1. The van der Waals surface area contributed by atoms with Crippen LogP contribution in [0.4, 0.5) is 0 Å². The van der Waals surface area contributed by atoms with Crippen molar-refractivity contribution in [3.05, 3.63) is 93.0 Å². The summed E-state index contributed by atoms with van der Waals surface area (Å²) in [7, 11) is 0. The molecule has 0 unspecified atom stereocenters. The summed E-state index contributed by atoms with van der Waals surface area (Å²) < 4.78 is 5.34. The van der Waals surface area contributed by atoms with Gasteiger partial charge in [-0.05, 0) is 61.0 Å². The number of hydrogen-bond donors (Lipinski definition) is 2. The van der Waals surface area contributed by atoms with Gasteiger partial charge in [0.15, 0.2) is 5.75 Å². The number of carbonyl (C=O) groups is 2. The number of rotatable bonds is 5. The van der Waals surface area contributed by atoms with Crippen molar-refractivity contribution in [1.82, 2.24) is 5.43 Å². The molecule has 3 aromatic carbocycles. The minimum absolute atomic E-state index is 0.0348. The van der Waals surface area contributed by atoms with Gasteiger partial charge in [0, 0.05) is 5.56 Å². The fourth-order valence-electron chi connectivity index (χ4n) is 2.49. The molecule has 0 aliphatic carbocycles. The Balaban J connectivity index is 1.59. The minimum Gasteiger partial charge on any atom is -0.505 e. The standard InChI is InChI=1S/C22H16Cl2N2O4/c1-13-3-2-4-15(9-13)22(29)30-17-7-5-14(6-8-17)12-25-26-21(28)16-10-18(23)20(27)19(24)11-16/h2-12,27H,1H3,(H,26,28)/b25-12-. The van der Waals surface area contributed by atoms with Crippen LogP contribution in [-0.2, 0) is 0 Å². The second kappa shape index (κ2) is 9.43. The van der Waals surface area contributed by atoms with Crippen LogP contribution in [0, 0.1) is 6.92 Å². The van der Waals surface area contributed by atoms with E-state index in [1.54, 1.807) is 42.5 Å². The number of esters is 1. The summed E-state index contributed by atoms with van der Waals surface area (Å²) in [6.45, 7) is 1.90. The summed E-state index contributed by atoms with van der Waals surface area (Å²) in [6, 6.07) is 16.3. The molecule has 1 amide bonds. The summed E-state index contributed by atoms with van der Waals surface area (Å²) >= 11 is 11.6. The van der Waals surface area contributed by atoms with Gasteiger partial charge in [0.2, 0.25) is 0 Å². The molecule has 0 radical (unpaired) electrons. The number of nitrogens with zero attached hydrogens (tertiary/aromatic N) is 1. The molecule has 0 aliphatic rings. The topological polar surface area (TPSA) is 88.0 Å². The van der Waals surface area contributed by atoms with Crippen molar-refractivity contribution in [3.63, 3.8) is 0 Å². The van der Waals surface area contributed by atoms with Gasteiger partial charge in [-0.15, -0.1) is 0 Å². The van der Waals surface area contributed by atoms with E-state index in [9.17, 15) is 14.7 Å². The molecule has 0 aromatic heterocycles. The van der Waals surface area contributed by atoms with E-state index in [0.717, 1.165) is 5.56 Å². The van der Waals surface area contributed by atoms with Crippen molar-refractivity contribution in [2.45, 2.75) is 6.92 Å². The highest BCUT2D eigenvalue weighted by atomic mass is 35.5. The fraction of sp³-hybridized carbons (Fsp3) is 0.0455. The minimum atomic E-state index is -0.543. The number of phenolic OH excluding ortho intramolecular Hbond substituents is 1. The molecule has 6 nitrogen and oxygen atoms in total. The lowest BCUT2D eigenvalue weighted by Gasteiger charge is -2.05. The van der Waals surface area contributed by atoms with E-state index in [4.69, 9.17) is 27.9 Å². The molecule has 0 saturated carbocycles. The predicted octanol–water partition coefficient (Wildman–Crippen LogP) is 4.99. The Labute approximate surface area is 182 Å². The van der Waals surface area contributed by atoms with Crippen molar-refractivity contribution in [2.75, 3.05) is 0 Å². The number of benzene rings is 3. The Morgan fingerprint density at radius 3 is 2.30 bits per heavy atom. The maximum Gasteiger partial charge on any atom is 0.343 e. The van der Waals surface area contributed by atoms with Gasteiger partial charge in [-0.2, -0.15) is 5.10 Å². The number of carbonyl (C=O) groups excluding carboxylic acids is 2. The molecule has 3 aromatic rings. The van der Waals surface area contributed by atoms with E-state index in [1.807, 2.05) is 13.0 Å². The second-order valence-electron chi connectivity index (χ2n) is 6.32. The maximum absolute atomic E-state index is 12.2. The van der Waals surface area contributed by atoms with E-state index >= 15 is 0 Å². The van der Waals surface area contributed by atoms with Crippen molar-refractivity contribution in [1.29, 1.82) is 0 Å². The van der Waals surface area contributed by atoms with Crippen LogP contribution >= 0.6 is 23.2 Å². The molecule has 3 rings (SSSR count). The molecular weight excluding hydrogens is 427 g/mol. The third-order valence-corrected chi connectivity index (χ3v) is 4.58. The van der Waals surface area contributed by atoms with Crippen LogP contribution < -0.4 is 10.2 Å². The SMILES string of the molecule is Cc1cccc(C(=O)Oc2ccc(/C=N\NC(=O)c3cc(Cl)c(O)c(Cl)c3)cc2)c1. The lowest BCUT2D eigenvalue weighted by molar-refractivity contribution is 0.0734. The molecule has 2 N–H and O–H groups in total. The largest absolute Gasteiger partial charge is 0.505 e. The van der Waals surface area contributed by atoms with E-state index in [-0.39, 0.29) is 21.4 Å². The number of ether oxygens (including phenoxy) is 1. The highest BCUT2D eigenvalue weighted by molar-refractivity contribution is 6.37. The Morgan fingerprint density at radius 2 is 1.67 bits per heavy atom. The van der Waals surface area contributed by atoms with Gasteiger partial charge in [-0.25, -0.2) is 10.2 Å². The van der Waals surface area contributed by atoms with Gasteiger partial charge in [0.1, 0.15) is 5.75 Å². The van der Waals surface area contributed by atoms with Crippen molar-refractivity contribution >= 4 is 41.3 Å². The number of halogens is 2. The number of nitrogens with one attached hydrogen (secondary N) is 1. The summed E-state index contributed by atoms with van der Waals surface area (Å²) in [6.07, 6.45) is 1.42. The van der Waals surface area contributed by atoms with Crippen LogP contribution in [0.15, 0.2) is 65.8 Å². The lowest BCUT2D eigenvalue weighted by Crippen LogP contribution is -2.17. The first kappa shape index (κ1) is 21.4. The molecule has 152 valence electrons. The number of amides is 1. The number of hydrazone groups is 1. The average molecular weight is 443 g/mol. The smallest absolute Gasteiger partial charge is 0.343 e. The normalized spacial score (nSPS) is 10.8. The van der Waals surface area contributed by atoms with Crippen LogP contribution in [0.25, 0.3) is 0 Å². The molecule has 8 heteroatoms. The summed E-state index contributed by atoms with van der Waals surface area (Å²) in [5.41, 5.74) is 4.60. The van der Waals surface area contributed by atoms with E-state index < -0.39 is 11.9 Å². The van der Waals surface area contributed by atoms with Crippen molar-refractivity contribution in [3.8, 4) is 11.5 Å². The first-order chi connectivity index (χ1) is 14.3. The van der Waals surface area contributed by atoms with Gasteiger partial charge in [-0.3, -0.25) is 4.79 Å². The summed E-state index contributed by atoms with van der Waals surface area (Å²) in [4.78, 5) is 24.3. The second-order valence-corrected chi connectivity index (χ2v) is 7.13. The molecular formula is C22H16Cl2N2O4. The highest BCUT2D eigenvalue weighted by Gasteiger charge is 2.12. The van der Waals surface area contributed by atoms with Crippen molar-refractivity contribution in [2.24, 2.45) is 5.10 Å². The third kappa shape index (κ3) is 5.37. The molecule has 30 heavy (non-hydrogen) atoms. The molecule has 0 bridgehead atoms. The zero-order chi connectivity index (χ0) is 21.7. The average Bonchev–Trinajstić information content (AvgIpc) is 2.72. The molecule has 0 spiro atoms. The molecule has 0 aliphatic heterocycles. The molecule has 0 heterocycles. The van der Waals surface area contributed by atoms with Crippen LogP contribution in [0.3, 0.4) is 0 Å². The Kier molecular flexibility index (Phi) is 6.72. The third-order valence-electron chi connectivity index (χ3n) is 4.00. The van der Waals surface area contributed by atoms with Gasteiger partial charge in [0.05, 0.1) is 21.8 Å². The molecule has 0 fully saturated rings. The monoisotopic (exact) mass is 442 g/mol. The van der Waals surface area contributed by atoms with Crippen LogP contribution in [0.1, 0.15) is 31.8 Å². The van der Waals surface area contributed by atoms with Gasteiger partial charge < -0.3 is 9.84 Å². The van der Waals surface area contributed by atoms with E-state index in [2.05, 4.69) is 10.5 Å². The first-order valence-corrected chi connectivity index (χ1v) is 9.49. The van der Waals surface area contributed by atoms with Gasteiger partial charge in [0.25, 0.3) is 5.91 Å². The number of hydrogen-bond acceptors (Lipinski definition) is 5.